The van der Waals surface area contributed by atoms with Crippen molar-refractivity contribution in [3.8, 4) is 0 Å². The van der Waals surface area contributed by atoms with Crippen molar-refractivity contribution >= 4 is 11.8 Å². The van der Waals surface area contributed by atoms with Gasteiger partial charge in [-0.1, -0.05) is 0 Å². The first-order valence-corrected chi connectivity index (χ1v) is 10.2. The molecule has 6 nitrogen and oxygen atoms in total. The molecule has 1 aromatic rings. The summed E-state index contributed by atoms with van der Waals surface area (Å²) in [4.78, 5) is 25.0. The van der Waals surface area contributed by atoms with Gasteiger partial charge in [0.1, 0.15) is 0 Å². The van der Waals surface area contributed by atoms with Crippen LogP contribution in [-0.4, -0.2) is 34.1 Å². The number of hydrogen-bond acceptors (Lipinski definition) is 3. The van der Waals surface area contributed by atoms with E-state index in [1.54, 1.807) is 12.4 Å². The Kier molecular flexibility index (Phi) is 5.00. The van der Waals surface area contributed by atoms with Gasteiger partial charge in [-0.3, -0.25) is 14.7 Å². The van der Waals surface area contributed by atoms with Crippen LogP contribution in [0, 0.1) is 11.3 Å². The zero-order chi connectivity index (χ0) is 18.0. The molecule has 2 amide bonds. The number of hydrogen-bond donors (Lipinski definition) is 3. The highest BCUT2D eigenvalue weighted by Gasteiger charge is 2.50. The third kappa shape index (κ3) is 3.79. The maximum Gasteiger partial charge on any atom is 0.226 e. The molecule has 0 radical (unpaired) electrons. The van der Waals surface area contributed by atoms with Crippen molar-refractivity contribution in [1.82, 2.24) is 20.8 Å². The maximum absolute atomic E-state index is 12.9. The highest BCUT2D eigenvalue weighted by molar-refractivity contribution is 5.83. The number of carbonyl (C=O) groups excluding carboxylic acids is 2. The molecule has 3 aliphatic carbocycles. The van der Waals surface area contributed by atoms with Crippen LogP contribution in [0.15, 0.2) is 12.4 Å². The van der Waals surface area contributed by atoms with Gasteiger partial charge in [0.05, 0.1) is 12.6 Å². The molecule has 3 N–H and O–H groups in total. The van der Waals surface area contributed by atoms with E-state index in [2.05, 4.69) is 20.8 Å². The Hall–Kier alpha value is -1.85. The van der Waals surface area contributed by atoms with E-state index in [-0.39, 0.29) is 23.4 Å². The number of nitrogens with zero attached hydrogens (tertiary/aromatic N) is 1. The maximum atomic E-state index is 12.9. The lowest BCUT2D eigenvalue weighted by Crippen LogP contribution is -2.44. The fraction of sp³-hybridized carbons (Fsp3) is 0.750. The van der Waals surface area contributed by atoms with Gasteiger partial charge in [-0.25, -0.2) is 0 Å². The van der Waals surface area contributed by atoms with Crippen LogP contribution in [0.4, 0.5) is 0 Å². The SMILES string of the molecule is O=C(Cc1cn[nH]c1)NC1CCCC(NC(=O)C23CCC(CC2)C3)CC1. The molecule has 0 aromatic carbocycles. The number of fused-ring (bicyclic) bond motifs is 2. The van der Waals surface area contributed by atoms with Crippen molar-refractivity contribution in [2.75, 3.05) is 0 Å². The van der Waals surface area contributed by atoms with E-state index in [1.165, 1.54) is 12.8 Å². The quantitative estimate of drug-likeness (QED) is 0.707. The van der Waals surface area contributed by atoms with E-state index in [4.69, 9.17) is 0 Å². The highest BCUT2D eigenvalue weighted by atomic mass is 16.2. The van der Waals surface area contributed by atoms with Gasteiger partial charge in [0.25, 0.3) is 0 Å². The van der Waals surface area contributed by atoms with Crippen molar-refractivity contribution in [3.63, 3.8) is 0 Å². The number of rotatable bonds is 5. The van der Waals surface area contributed by atoms with Crippen LogP contribution >= 0.6 is 0 Å². The Balaban J connectivity index is 1.24. The summed E-state index contributed by atoms with van der Waals surface area (Å²) in [5.41, 5.74) is 0.863. The Labute approximate surface area is 154 Å². The molecule has 1 heterocycles. The largest absolute Gasteiger partial charge is 0.353 e. The standard InChI is InChI=1S/C20H30N4O2/c25-18(10-15-12-21-22-13-15)23-16-2-1-3-17(5-4-16)24-19(26)20-8-6-14(11-20)7-9-20/h12-14,16-17H,1-11H2,(H,21,22)(H,23,25)(H,24,26). The van der Waals surface area contributed by atoms with Gasteiger partial charge < -0.3 is 10.6 Å². The third-order valence-corrected chi connectivity index (χ3v) is 6.81. The summed E-state index contributed by atoms with van der Waals surface area (Å²) in [6.07, 6.45) is 14.6. The average Bonchev–Trinajstić information content (AvgIpc) is 3.34. The fourth-order valence-electron chi connectivity index (χ4n) is 5.28. The molecule has 3 saturated carbocycles. The predicted octanol–water partition coefficient (Wildman–Crippen LogP) is 2.47. The van der Waals surface area contributed by atoms with Crippen molar-refractivity contribution in [2.45, 2.75) is 82.7 Å². The van der Waals surface area contributed by atoms with Crippen molar-refractivity contribution < 1.29 is 9.59 Å². The van der Waals surface area contributed by atoms with E-state index in [1.807, 2.05) is 0 Å². The van der Waals surface area contributed by atoms with E-state index >= 15 is 0 Å². The Bertz CT molecular complexity index is 634. The Morgan fingerprint density at radius 3 is 2.42 bits per heavy atom. The fourth-order valence-corrected chi connectivity index (χ4v) is 5.28. The van der Waals surface area contributed by atoms with Crippen LogP contribution in [0.1, 0.15) is 69.8 Å². The van der Waals surface area contributed by atoms with Crippen molar-refractivity contribution in [1.29, 1.82) is 0 Å². The first-order valence-electron chi connectivity index (χ1n) is 10.2. The molecule has 2 unspecified atom stereocenters. The van der Waals surface area contributed by atoms with E-state index < -0.39 is 0 Å². The highest BCUT2D eigenvalue weighted by Crippen LogP contribution is 2.54. The number of carbonyl (C=O) groups is 2. The average molecular weight is 358 g/mol. The molecular formula is C20H30N4O2. The molecule has 4 rings (SSSR count). The number of H-pyrrole nitrogens is 1. The van der Waals surface area contributed by atoms with Crippen molar-refractivity contribution in [3.05, 3.63) is 18.0 Å². The van der Waals surface area contributed by atoms with Gasteiger partial charge in [0, 0.05) is 23.7 Å². The number of aromatic nitrogens is 2. The molecule has 6 heteroatoms. The minimum absolute atomic E-state index is 0.0464. The van der Waals surface area contributed by atoms with Crippen LogP contribution in [0.5, 0.6) is 0 Å². The molecule has 0 saturated heterocycles. The smallest absolute Gasteiger partial charge is 0.226 e. The number of aromatic amines is 1. The first kappa shape index (κ1) is 17.6. The summed E-state index contributed by atoms with van der Waals surface area (Å²) < 4.78 is 0. The second kappa shape index (κ2) is 7.41. The monoisotopic (exact) mass is 358 g/mol. The van der Waals surface area contributed by atoms with Gasteiger partial charge in [-0.05, 0) is 75.7 Å². The first-order chi connectivity index (χ1) is 12.6. The van der Waals surface area contributed by atoms with Gasteiger partial charge >= 0.3 is 0 Å². The van der Waals surface area contributed by atoms with Crippen molar-refractivity contribution in [2.24, 2.45) is 11.3 Å². The summed E-state index contributed by atoms with van der Waals surface area (Å²) in [5.74, 6) is 1.16. The molecule has 3 fully saturated rings. The van der Waals surface area contributed by atoms with Gasteiger partial charge in [0.15, 0.2) is 0 Å². The molecule has 26 heavy (non-hydrogen) atoms. The topological polar surface area (TPSA) is 86.9 Å². The van der Waals surface area contributed by atoms with E-state index in [0.717, 1.165) is 62.8 Å². The molecule has 1 aromatic heterocycles. The Morgan fingerprint density at radius 1 is 1.08 bits per heavy atom. The lowest BCUT2D eigenvalue weighted by molar-refractivity contribution is -0.131. The summed E-state index contributed by atoms with van der Waals surface area (Å²) in [7, 11) is 0. The minimum atomic E-state index is -0.0464. The summed E-state index contributed by atoms with van der Waals surface area (Å²) in [5, 5.41) is 13.1. The van der Waals surface area contributed by atoms with Crippen LogP contribution in [0.2, 0.25) is 0 Å². The van der Waals surface area contributed by atoms with Crippen LogP contribution in [0.3, 0.4) is 0 Å². The lowest BCUT2D eigenvalue weighted by atomic mass is 9.83. The molecule has 2 bridgehead atoms. The molecule has 142 valence electrons. The minimum Gasteiger partial charge on any atom is -0.353 e. The zero-order valence-electron chi connectivity index (χ0n) is 15.4. The van der Waals surface area contributed by atoms with Crippen LogP contribution in [-0.2, 0) is 16.0 Å². The van der Waals surface area contributed by atoms with Crippen LogP contribution in [0.25, 0.3) is 0 Å². The van der Waals surface area contributed by atoms with Gasteiger partial charge in [0.2, 0.25) is 11.8 Å². The zero-order valence-corrected chi connectivity index (χ0v) is 15.4. The third-order valence-electron chi connectivity index (χ3n) is 6.81. The normalized spacial score (nSPS) is 33.6. The summed E-state index contributed by atoms with van der Waals surface area (Å²) in [6, 6.07) is 0.490. The molecular weight excluding hydrogens is 328 g/mol. The molecule has 0 aliphatic heterocycles. The van der Waals surface area contributed by atoms with Gasteiger partial charge in [-0.15, -0.1) is 0 Å². The molecule has 3 aliphatic rings. The second-order valence-electron chi connectivity index (χ2n) is 8.65. The summed E-state index contributed by atoms with van der Waals surface area (Å²) in [6.45, 7) is 0. The Morgan fingerprint density at radius 2 is 1.81 bits per heavy atom. The van der Waals surface area contributed by atoms with Gasteiger partial charge in [-0.2, -0.15) is 5.10 Å². The second-order valence-corrected chi connectivity index (χ2v) is 8.65. The predicted molar refractivity (Wildman–Crippen MR) is 98.2 cm³/mol. The molecule has 0 spiro atoms. The van der Waals surface area contributed by atoms with Crippen LogP contribution < -0.4 is 10.6 Å². The lowest BCUT2D eigenvalue weighted by Gasteiger charge is -2.28. The molecule has 2 atom stereocenters. The summed E-state index contributed by atoms with van der Waals surface area (Å²) >= 11 is 0. The number of nitrogens with one attached hydrogen (secondary N) is 3. The van der Waals surface area contributed by atoms with E-state index in [9.17, 15) is 9.59 Å². The number of amides is 2. The van der Waals surface area contributed by atoms with E-state index in [0.29, 0.717) is 12.3 Å².